The topological polar surface area (TPSA) is 154 Å². The Hall–Kier alpha value is -2.10. The van der Waals surface area contributed by atoms with Crippen LogP contribution in [0.4, 0.5) is 0 Å². The highest BCUT2D eigenvalue weighted by Crippen LogP contribution is 2.40. The summed E-state index contributed by atoms with van der Waals surface area (Å²) in [6.07, 6.45) is 0.743. The molecule has 0 aromatic rings. The molecule has 2 N–H and O–H groups in total. The summed E-state index contributed by atoms with van der Waals surface area (Å²) in [6, 6.07) is 0.292. The molecule has 1 saturated heterocycles. The Kier molecular flexibility index (Phi) is 5.40. The van der Waals surface area contributed by atoms with Crippen LogP contribution in [0.1, 0.15) is 0 Å². The van der Waals surface area contributed by atoms with Gasteiger partial charge >= 0.3 is 5.97 Å². The second-order valence-electron chi connectivity index (χ2n) is 5.43. The number of methoxy groups -OCH3 is 1. The minimum absolute atomic E-state index is 0.0484. The summed E-state index contributed by atoms with van der Waals surface area (Å²) in [4.78, 5) is 36.8. The predicted octanol–water partition coefficient (Wildman–Crippen LogP) is -1.69. The number of nitrogens with zero attached hydrogens (tertiary/aromatic N) is 2. The number of ether oxygens (including phenoxy) is 1. The van der Waals surface area contributed by atoms with Gasteiger partial charge in [-0.15, -0.1) is 11.8 Å². The van der Waals surface area contributed by atoms with Gasteiger partial charge in [-0.3, -0.25) is 14.5 Å². The van der Waals surface area contributed by atoms with Gasteiger partial charge in [0.1, 0.15) is 17.1 Å². The maximum absolute atomic E-state index is 12.3. The number of carbonyl (C=O) groups excluding carboxylic acids is 2. The van der Waals surface area contributed by atoms with E-state index in [9.17, 15) is 27.9 Å². The van der Waals surface area contributed by atoms with E-state index in [2.05, 4.69) is 5.32 Å². The second kappa shape index (κ2) is 7.03. The molecule has 10 nitrogen and oxygen atoms in total. The molecule has 1 fully saturated rings. The molecular weight excluding hydrogens is 374 g/mol. The third kappa shape index (κ3) is 3.48. The molecule has 0 aromatic carbocycles. The van der Waals surface area contributed by atoms with Gasteiger partial charge in [0.15, 0.2) is 9.84 Å². The van der Waals surface area contributed by atoms with Crippen molar-refractivity contribution in [3.05, 3.63) is 11.3 Å². The number of carboxylic acids is 1. The largest absolute Gasteiger partial charge is 0.477 e. The Morgan fingerprint density at radius 2 is 2.20 bits per heavy atom. The average molecular weight is 389 g/mol. The van der Waals surface area contributed by atoms with E-state index in [1.54, 1.807) is 0 Å². The van der Waals surface area contributed by atoms with Crippen molar-refractivity contribution in [2.75, 3.05) is 25.7 Å². The van der Waals surface area contributed by atoms with Gasteiger partial charge in [-0.25, -0.2) is 13.2 Å². The molecule has 136 valence electrons. The van der Waals surface area contributed by atoms with Crippen molar-refractivity contribution in [1.29, 1.82) is 5.26 Å². The van der Waals surface area contributed by atoms with E-state index in [0.29, 0.717) is 5.57 Å². The number of amides is 2. The lowest BCUT2D eigenvalue weighted by molar-refractivity contribution is -0.150. The molecule has 0 radical (unpaired) electrons. The average Bonchev–Trinajstić information content (AvgIpc) is 2.51. The van der Waals surface area contributed by atoms with Crippen LogP contribution in [0.15, 0.2) is 11.3 Å². The normalized spacial score (nSPS) is 24.0. The zero-order chi connectivity index (χ0) is 18.9. The first-order valence-electron chi connectivity index (χ1n) is 6.91. The molecule has 2 unspecified atom stereocenters. The van der Waals surface area contributed by atoms with E-state index in [1.165, 1.54) is 24.9 Å². The van der Waals surface area contributed by atoms with E-state index in [1.807, 2.05) is 0 Å². The van der Waals surface area contributed by atoms with Gasteiger partial charge < -0.3 is 15.2 Å². The summed E-state index contributed by atoms with van der Waals surface area (Å²) >= 11 is 1.22. The standard InChI is InChI=1S/C13H15N3O7S2/c1-23-4-6-5-24-12-8(11(18)16(12)9(6)13(19)20)15-10(17)7(3-14)25(2,21)22/h7-8,12H,4-5H2,1-2H3,(H,15,17)(H,19,20)/t7?,8?,12-/m0/s1. The highest BCUT2D eigenvalue weighted by Gasteiger charge is 2.54. The van der Waals surface area contributed by atoms with Gasteiger partial charge in [0.25, 0.3) is 11.8 Å². The highest BCUT2D eigenvalue weighted by atomic mass is 32.2. The summed E-state index contributed by atoms with van der Waals surface area (Å²) in [7, 11) is -2.56. The fourth-order valence-corrected chi connectivity index (χ4v) is 4.52. The zero-order valence-corrected chi connectivity index (χ0v) is 14.9. The Morgan fingerprint density at radius 1 is 1.56 bits per heavy atom. The first-order chi connectivity index (χ1) is 11.6. The van der Waals surface area contributed by atoms with E-state index >= 15 is 0 Å². The summed E-state index contributed by atoms with van der Waals surface area (Å²) < 4.78 is 27.8. The molecule has 12 heteroatoms. The maximum atomic E-state index is 12.3. The summed E-state index contributed by atoms with van der Waals surface area (Å²) in [5, 5.41) is 17.8. The monoisotopic (exact) mass is 389 g/mol. The molecule has 0 aliphatic carbocycles. The van der Waals surface area contributed by atoms with Crippen molar-refractivity contribution >= 4 is 39.4 Å². The van der Waals surface area contributed by atoms with Gasteiger partial charge in [0, 0.05) is 19.1 Å². The number of sulfone groups is 1. The molecule has 3 atom stereocenters. The van der Waals surface area contributed by atoms with Crippen molar-refractivity contribution in [2.45, 2.75) is 16.7 Å². The third-order valence-corrected chi connectivity index (χ3v) is 6.17. The van der Waals surface area contributed by atoms with Crippen LogP contribution >= 0.6 is 11.8 Å². The van der Waals surface area contributed by atoms with Gasteiger partial charge in [-0.1, -0.05) is 0 Å². The van der Waals surface area contributed by atoms with Crippen LogP contribution in [0.25, 0.3) is 0 Å². The molecule has 0 bridgehead atoms. The molecule has 2 rings (SSSR count). The van der Waals surface area contributed by atoms with Crippen LogP contribution in [0, 0.1) is 11.3 Å². The lowest BCUT2D eigenvalue weighted by Crippen LogP contribution is -2.71. The highest BCUT2D eigenvalue weighted by molar-refractivity contribution is 8.00. The number of carbonyl (C=O) groups is 3. The Labute approximate surface area is 147 Å². The molecule has 2 amide bonds. The van der Waals surface area contributed by atoms with Crippen molar-refractivity contribution in [2.24, 2.45) is 0 Å². The van der Waals surface area contributed by atoms with Crippen LogP contribution in [0.5, 0.6) is 0 Å². The molecule has 2 aliphatic rings. The van der Waals surface area contributed by atoms with Crippen LogP contribution < -0.4 is 5.32 Å². The number of β-lactam (4-membered cyclic amide) rings is 1. The number of rotatable bonds is 6. The lowest BCUT2D eigenvalue weighted by Gasteiger charge is -2.49. The van der Waals surface area contributed by atoms with Crippen molar-refractivity contribution < 1.29 is 32.6 Å². The number of carboxylic acid groups (broad SMARTS) is 1. The lowest BCUT2D eigenvalue weighted by atomic mass is 10.0. The molecule has 0 saturated carbocycles. The Balaban J connectivity index is 2.20. The van der Waals surface area contributed by atoms with E-state index in [0.717, 1.165) is 11.2 Å². The number of thioether (sulfide) groups is 1. The zero-order valence-electron chi connectivity index (χ0n) is 13.3. The molecule has 2 heterocycles. The molecule has 0 spiro atoms. The van der Waals surface area contributed by atoms with Crippen molar-refractivity contribution in [3.8, 4) is 6.07 Å². The minimum atomic E-state index is -3.96. The number of fused-ring (bicyclic) bond motifs is 1. The first kappa shape index (κ1) is 19.2. The fraction of sp³-hybridized carbons (Fsp3) is 0.538. The minimum Gasteiger partial charge on any atom is -0.477 e. The Bertz CT molecular complexity index is 799. The Morgan fingerprint density at radius 3 is 2.68 bits per heavy atom. The molecule has 2 aliphatic heterocycles. The number of hydrogen-bond acceptors (Lipinski definition) is 8. The second-order valence-corrected chi connectivity index (χ2v) is 8.66. The fourth-order valence-electron chi connectivity index (χ4n) is 2.55. The number of nitrogens with one attached hydrogen (secondary N) is 1. The van der Waals surface area contributed by atoms with Crippen LogP contribution in [-0.4, -0.2) is 78.6 Å². The predicted molar refractivity (Wildman–Crippen MR) is 85.8 cm³/mol. The molecule has 0 aromatic heterocycles. The first-order valence-corrected chi connectivity index (χ1v) is 9.91. The SMILES string of the molecule is COCC1=C(C(=O)O)N2C(=O)C(NC(=O)C(C#N)S(C)(=O)=O)[C@@H]2SC1. The van der Waals surface area contributed by atoms with E-state index < -0.39 is 44.3 Å². The smallest absolute Gasteiger partial charge is 0.352 e. The van der Waals surface area contributed by atoms with Gasteiger partial charge in [-0.05, 0) is 5.57 Å². The van der Waals surface area contributed by atoms with E-state index in [-0.39, 0.29) is 18.1 Å². The summed E-state index contributed by atoms with van der Waals surface area (Å²) in [6.45, 7) is 0.0484. The molecular formula is C13H15N3O7S2. The maximum Gasteiger partial charge on any atom is 0.352 e. The van der Waals surface area contributed by atoms with Gasteiger partial charge in [0.2, 0.25) is 5.25 Å². The quantitative estimate of drug-likeness (QED) is 0.506. The van der Waals surface area contributed by atoms with Crippen LogP contribution in [0.2, 0.25) is 0 Å². The summed E-state index contributed by atoms with van der Waals surface area (Å²) in [5.41, 5.74) is 0.237. The van der Waals surface area contributed by atoms with Crippen LogP contribution in [0.3, 0.4) is 0 Å². The molecule has 25 heavy (non-hydrogen) atoms. The van der Waals surface area contributed by atoms with Crippen molar-refractivity contribution in [1.82, 2.24) is 10.2 Å². The summed E-state index contributed by atoms with van der Waals surface area (Å²) in [5.74, 6) is -2.79. The van der Waals surface area contributed by atoms with Crippen LogP contribution in [-0.2, 0) is 29.0 Å². The van der Waals surface area contributed by atoms with E-state index in [4.69, 9.17) is 10.00 Å². The number of hydrogen-bond donors (Lipinski definition) is 2. The van der Waals surface area contributed by atoms with Gasteiger partial charge in [0.05, 0.1) is 12.7 Å². The number of aliphatic carboxylic acids is 1. The van der Waals surface area contributed by atoms with Crippen molar-refractivity contribution in [3.63, 3.8) is 0 Å². The third-order valence-electron chi connectivity index (χ3n) is 3.65. The number of nitriles is 1. The van der Waals surface area contributed by atoms with Gasteiger partial charge in [-0.2, -0.15) is 5.26 Å².